The van der Waals surface area contributed by atoms with E-state index in [0.717, 1.165) is 32.1 Å². The fourth-order valence-corrected chi connectivity index (χ4v) is 7.42. The highest BCUT2D eigenvalue weighted by Crippen LogP contribution is 2.17. The molecule has 0 aliphatic heterocycles. The Morgan fingerprint density at radius 3 is 1.06 bits per heavy atom. The smallest absolute Gasteiger partial charge is 0.249 e. The van der Waals surface area contributed by atoms with Crippen molar-refractivity contribution in [1.82, 2.24) is 5.32 Å². The van der Waals surface area contributed by atoms with Crippen LogP contribution in [0.15, 0.2) is 12.2 Å². The van der Waals surface area contributed by atoms with Gasteiger partial charge in [0.25, 0.3) is 0 Å². The van der Waals surface area contributed by atoms with Crippen LogP contribution in [0.4, 0.5) is 0 Å². The van der Waals surface area contributed by atoms with E-state index in [2.05, 4.69) is 31.3 Å². The van der Waals surface area contributed by atoms with Gasteiger partial charge in [0.15, 0.2) is 0 Å². The van der Waals surface area contributed by atoms with Gasteiger partial charge < -0.3 is 20.6 Å². The first-order valence-corrected chi connectivity index (χ1v) is 23.5. The van der Waals surface area contributed by atoms with Gasteiger partial charge in [-0.2, -0.15) is 0 Å². The summed E-state index contributed by atoms with van der Waals surface area (Å²) >= 11 is 0. The highest BCUT2D eigenvalue weighted by atomic mass is 16.3. The molecule has 0 spiro atoms. The summed E-state index contributed by atoms with van der Waals surface area (Å²) in [6, 6.07) is -0.711. The molecule has 4 N–H and O–H groups in total. The Labute approximate surface area is 325 Å². The number of nitrogens with one attached hydrogen (secondary N) is 1. The molecule has 0 aromatic carbocycles. The third kappa shape index (κ3) is 37.4. The van der Waals surface area contributed by atoms with E-state index in [1.54, 1.807) is 0 Å². The lowest BCUT2D eigenvalue weighted by atomic mass is 10.0. The lowest BCUT2D eigenvalue weighted by Gasteiger charge is -2.23. The minimum atomic E-state index is -1.08. The van der Waals surface area contributed by atoms with E-state index < -0.39 is 24.2 Å². The summed E-state index contributed by atoms with van der Waals surface area (Å²) in [5.41, 5.74) is 0. The van der Waals surface area contributed by atoms with Crippen LogP contribution in [0, 0.1) is 0 Å². The molecule has 0 rings (SSSR count). The molecule has 0 aliphatic rings. The molecule has 0 saturated heterocycles. The number of carbonyl (C=O) groups excluding carboxylic acids is 1. The molecule has 1 amide bonds. The van der Waals surface area contributed by atoms with Crippen molar-refractivity contribution in [3.05, 3.63) is 12.2 Å². The van der Waals surface area contributed by atoms with Crippen LogP contribution in [-0.2, 0) is 4.79 Å². The average molecular weight is 736 g/mol. The zero-order chi connectivity index (χ0) is 38.0. The van der Waals surface area contributed by atoms with Crippen molar-refractivity contribution in [2.24, 2.45) is 0 Å². The number of unbranched alkanes of at least 4 members (excludes halogenated alkanes) is 33. The molecule has 5 nitrogen and oxygen atoms in total. The summed E-state index contributed by atoms with van der Waals surface area (Å²) in [5, 5.41) is 33.4. The quantitative estimate of drug-likeness (QED) is 0.0371. The van der Waals surface area contributed by atoms with Crippen molar-refractivity contribution in [3.8, 4) is 0 Å². The lowest BCUT2D eigenvalue weighted by molar-refractivity contribution is -0.131. The fourth-order valence-electron chi connectivity index (χ4n) is 7.42. The third-order valence-corrected chi connectivity index (χ3v) is 11.1. The van der Waals surface area contributed by atoms with E-state index in [-0.39, 0.29) is 6.61 Å². The zero-order valence-corrected chi connectivity index (χ0v) is 35.2. The van der Waals surface area contributed by atoms with Crippen LogP contribution < -0.4 is 5.32 Å². The largest absolute Gasteiger partial charge is 0.394 e. The molecule has 3 unspecified atom stereocenters. The molecule has 0 radical (unpaired) electrons. The highest BCUT2D eigenvalue weighted by molar-refractivity contribution is 5.80. The van der Waals surface area contributed by atoms with Crippen LogP contribution >= 0.6 is 0 Å². The van der Waals surface area contributed by atoms with Crippen molar-refractivity contribution in [3.63, 3.8) is 0 Å². The first-order chi connectivity index (χ1) is 25.6. The van der Waals surface area contributed by atoms with E-state index >= 15 is 0 Å². The molecule has 0 aromatic rings. The van der Waals surface area contributed by atoms with E-state index in [4.69, 9.17) is 0 Å². The van der Waals surface area contributed by atoms with Crippen LogP contribution in [0.3, 0.4) is 0 Å². The molecule has 310 valence electrons. The van der Waals surface area contributed by atoms with Gasteiger partial charge in [-0.05, 0) is 38.5 Å². The first kappa shape index (κ1) is 51.1. The monoisotopic (exact) mass is 736 g/mol. The second-order valence-corrected chi connectivity index (χ2v) is 16.3. The number of hydrogen-bond donors (Lipinski definition) is 4. The lowest BCUT2D eigenvalue weighted by Crippen LogP contribution is -2.49. The minimum absolute atomic E-state index is 0.312. The fraction of sp³-hybridized carbons (Fsp3) is 0.936. The van der Waals surface area contributed by atoms with E-state index in [1.807, 2.05) is 0 Å². The molecule has 52 heavy (non-hydrogen) atoms. The Bertz CT molecular complexity index is 728. The molecule has 0 bridgehead atoms. The van der Waals surface area contributed by atoms with Gasteiger partial charge in [0.05, 0.1) is 18.8 Å². The summed E-state index contributed by atoms with van der Waals surface area (Å²) in [5.74, 6) is -0.472. The standard InChI is InChI=1S/C47H93NO4/c1-3-5-7-9-11-13-15-17-19-21-23-24-26-27-29-31-33-35-37-39-41-45(50)44(43-49)48-47(52)46(51)42-40-38-36-34-32-30-28-25-22-20-18-16-14-12-10-8-6-4-2/h22,25,44-46,49-51H,3-21,23-24,26-43H2,1-2H3,(H,48,52)/b25-22-. The van der Waals surface area contributed by atoms with Gasteiger partial charge in [0.1, 0.15) is 6.10 Å². The highest BCUT2D eigenvalue weighted by Gasteiger charge is 2.23. The molecule has 5 heteroatoms. The van der Waals surface area contributed by atoms with E-state index in [9.17, 15) is 20.1 Å². The Hall–Kier alpha value is -0.910. The maximum atomic E-state index is 12.5. The van der Waals surface area contributed by atoms with Gasteiger partial charge >= 0.3 is 0 Å². The van der Waals surface area contributed by atoms with Crippen molar-refractivity contribution >= 4 is 5.91 Å². The topological polar surface area (TPSA) is 89.8 Å². The van der Waals surface area contributed by atoms with Crippen molar-refractivity contribution < 1.29 is 20.1 Å². The second-order valence-electron chi connectivity index (χ2n) is 16.3. The number of carbonyl (C=O) groups is 1. The molecule has 0 saturated carbocycles. The van der Waals surface area contributed by atoms with Crippen LogP contribution in [-0.4, -0.2) is 46.1 Å². The molecule has 0 aromatic heterocycles. The normalized spacial score (nSPS) is 13.6. The van der Waals surface area contributed by atoms with Crippen LogP contribution in [0.25, 0.3) is 0 Å². The van der Waals surface area contributed by atoms with Gasteiger partial charge in [-0.15, -0.1) is 0 Å². The molecule has 3 atom stereocenters. The number of aliphatic hydroxyl groups is 3. The molecule has 0 aliphatic carbocycles. The summed E-state index contributed by atoms with van der Waals surface area (Å²) < 4.78 is 0. The van der Waals surface area contributed by atoms with Gasteiger partial charge in [0, 0.05) is 0 Å². The van der Waals surface area contributed by atoms with E-state index in [1.165, 1.54) is 199 Å². The maximum absolute atomic E-state index is 12.5. The SMILES string of the molecule is CCCCCCCCCC/C=C\CCCCCCCCC(O)C(=O)NC(CO)C(O)CCCCCCCCCCCCCCCCCCCCCC. The Morgan fingerprint density at radius 1 is 0.442 bits per heavy atom. The predicted molar refractivity (Wildman–Crippen MR) is 227 cm³/mol. The molecule has 0 heterocycles. The van der Waals surface area contributed by atoms with Gasteiger partial charge in [-0.3, -0.25) is 4.79 Å². The van der Waals surface area contributed by atoms with Crippen molar-refractivity contribution in [1.29, 1.82) is 0 Å². The Balaban J connectivity index is 3.59. The second kappa shape index (κ2) is 42.8. The maximum Gasteiger partial charge on any atom is 0.249 e. The van der Waals surface area contributed by atoms with Crippen LogP contribution in [0.1, 0.15) is 258 Å². The summed E-state index contributed by atoms with van der Waals surface area (Å²) in [4.78, 5) is 12.5. The minimum Gasteiger partial charge on any atom is -0.394 e. The van der Waals surface area contributed by atoms with Crippen molar-refractivity contribution in [2.75, 3.05) is 6.61 Å². The summed E-state index contributed by atoms with van der Waals surface area (Å²) in [6.45, 7) is 4.25. The van der Waals surface area contributed by atoms with Gasteiger partial charge in [-0.25, -0.2) is 0 Å². The predicted octanol–water partition coefficient (Wildman–Crippen LogP) is 13.6. The first-order valence-electron chi connectivity index (χ1n) is 23.5. The number of hydrogen-bond acceptors (Lipinski definition) is 4. The van der Waals surface area contributed by atoms with Gasteiger partial charge in [-0.1, -0.05) is 231 Å². The Kier molecular flexibility index (Phi) is 42.1. The van der Waals surface area contributed by atoms with Gasteiger partial charge in [0.2, 0.25) is 5.91 Å². The summed E-state index contributed by atoms with van der Waals surface area (Å²) in [7, 11) is 0. The third-order valence-electron chi connectivity index (χ3n) is 11.1. The number of allylic oxidation sites excluding steroid dienone is 2. The molecule has 0 fully saturated rings. The number of aliphatic hydroxyl groups excluding tert-OH is 3. The zero-order valence-electron chi connectivity index (χ0n) is 35.2. The number of rotatable bonds is 43. The number of amides is 1. The molecular formula is C47H93NO4. The Morgan fingerprint density at radius 2 is 0.731 bits per heavy atom. The van der Waals surface area contributed by atoms with Crippen LogP contribution in [0.2, 0.25) is 0 Å². The van der Waals surface area contributed by atoms with Crippen molar-refractivity contribution in [2.45, 2.75) is 276 Å². The average Bonchev–Trinajstić information content (AvgIpc) is 3.15. The summed E-state index contributed by atoms with van der Waals surface area (Å²) in [6.07, 6.45) is 50.7. The van der Waals surface area contributed by atoms with Crippen LogP contribution in [0.5, 0.6) is 0 Å². The molecular weight excluding hydrogens is 643 g/mol. The van der Waals surface area contributed by atoms with E-state index in [0.29, 0.717) is 12.8 Å².